The van der Waals surface area contributed by atoms with E-state index in [1.54, 1.807) is 0 Å². The van der Waals surface area contributed by atoms with Gasteiger partial charge in [-0.05, 0) is 33.5 Å². The number of fused-ring (bicyclic) bond motifs is 5. The second kappa shape index (κ2) is 3.99. The Bertz CT molecular complexity index is 838. The van der Waals surface area contributed by atoms with Gasteiger partial charge in [-0.15, -0.1) is 0 Å². The predicted octanol–water partition coefficient (Wildman–Crippen LogP) is 2.47. The standard InChI is InChI=1S/C18H13N/c1-2-6-15-13(4-1)5-3-7-16-17(15)9-8-14-10-11-19-12-18(14)16/h1-12,19H. The molecule has 2 aliphatic rings. The van der Waals surface area contributed by atoms with Crippen molar-refractivity contribution in [1.29, 1.82) is 0 Å². The summed E-state index contributed by atoms with van der Waals surface area (Å²) in [6.45, 7) is 0. The molecule has 90 valence electrons. The summed E-state index contributed by atoms with van der Waals surface area (Å²) in [4.78, 5) is 0. The predicted molar refractivity (Wildman–Crippen MR) is 81.3 cm³/mol. The maximum Gasteiger partial charge on any atom is 0.00899 e. The summed E-state index contributed by atoms with van der Waals surface area (Å²) in [6, 6.07) is 13.0. The van der Waals surface area contributed by atoms with Gasteiger partial charge in [-0.1, -0.05) is 54.6 Å². The van der Waals surface area contributed by atoms with E-state index in [1.807, 2.05) is 6.20 Å². The molecule has 0 saturated carbocycles. The lowest BCUT2D eigenvalue weighted by molar-refractivity contribution is 1.25. The van der Waals surface area contributed by atoms with Crippen LogP contribution in [0.1, 0.15) is 11.1 Å². The van der Waals surface area contributed by atoms with Gasteiger partial charge >= 0.3 is 0 Å². The molecule has 0 aromatic heterocycles. The smallest absolute Gasteiger partial charge is 0.00899 e. The van der Waals surface area contributed by atoms with Crippen LogP contribution in [0.4, 0.5) is 0 Å². The van der Waals surface area contributed by atoms with Gasteiger partial charge in [0.25, 0.3) is 0 Å². The Morgan fingerprint density at radius 3 is 2.68 bits per heavy atom. The summed E-state index contributed by atoms with van der Waals surface area (Å²) in [5.74, 6) is 0. The number of benzene rings is 2. The third kappa shape index (κ3) is 1.55. The summed E-state index contributed by atoms with van der Waals surface area (Å²) in [6.07, 6.45) is 12.7. The Labute approximate surface area is 111 Å². The van der Waals surface area contributed by atoms with E-state index in [9.17, 15) is 0 Å². The lowest BCUT2D eigenvalue weighted by Gasteiger charge is -2.10. The van der Waals surface area contributed by atoms with Gasteiger partial charge in [-0.3, -0.25) is 0 Å². The number of allylic oxidation sites excluding steroid dienone is 1. The zero-order valence-electron chi connectivity index (χ0n) is 10.4. The van der Waals surface area contributed by atoms with Gasteiger partial charge in [0.05, 0.1) is 0 Å². The first-order valence-corrected chi connectivity index (χ1v) is 6.47. The summed E-state index contributed by atoms with van der Waals surface area (Å²) in [5.41, 5.74) is 5.14. The minimum Gasteiger partial charge on any atom is -0.367 e. The van der Waals surface area contributed by atoms with Gasteiger partial charge in [-0.2, -0.15) is 0 Å². The fraction of sp³-hybridized carbons (Fsp3) is 0. The van der Waals surface area contributed by atoms with Crippen molar-refractivity contribution in [3.05, 3.63) is 70.2 Å². The molecule has 2 aromatic carbocycles. The van der Waals surface area contributed by atoms with Crippen LogP contribution in [-0.4, -0.2) is 0 Å². The number of rotatable bonds is 0. The highest BCUT2D eigenvalue weighted by Gasteiger charge is 2.09. The van der Waals surface area contributed by atoms with Crippen LogP contribution in [0.25, 0.3) is 35.6 Å². The molecule has 1 aliphatic carbocycles. The van der Waals surface area contributed by atoms with E-state index in [0.29, 0.717) is 0 Å². The van der Waals surface area contributed by atoms with Gasteiger partial charge in [0, 0.05) is 17.6 Å². The molecular formula is C18H13N. The van der Waals surface area contributed by atoms with E-state index in [1.165, 1.54) is 32.7 Å². The average molecular weight is 243 g/mol. The zero-order chi connectivity index (χ0) is 12.7. The Hall–Kier alpha value is -2.54. The topological polar surface area (TPSA) is 12.0 Å². The third-order valence-corrected chi connectivity index (χ3v) is 3.70. The van der Waals surface area contributed by atoms with Crippen LogP contribution >= 0.6 is 0 Å². The molecule has 2 aromatic rings. The largest absolute Gasteiger partial charge is 0.367 e. The summed E-state index contributed by atoms with van der Waals surface area (Å²) in [7, 11) is 0. The monoisotopic (exact) mass is 243 g/mol. The number of hydrogen-bond donors (Lipinski definition) is 1. The quantitative estimate of drug-likeness (QED) is 0.749. The van der Waals surface area contributed by atoms with Crippen molar-refractivity contribution >= 4 is 24.4 Å². The molecule has 0 spiro atoms. The highest BCUT2D eigenvalue weighted by molar-refractivity contribution is 5.81. The second-order valence-electron chi connectivity index (χ2n) is 4.79. The third-order valence-electron chi connectivity index (χ3n) is 3.70. The Balaban J connectivity index is 2.16. The number of hydrogen-bond acceptors (Lipinski definition) is 1. The van der Waals surface area contributed by atoms with Crippen LogP contribution in [0.5, 0.6) is 0 Å². The molecule has 0 fully saturated rings. The van der Waals surface area contributed by atoms with Crippen molar-refractivity contribution < 1.29 is 0 Å². The molecule has 1 heterocycles. The molecule has 0 unspecified atom stereocenters. The maximum absolute atomic E-state index is 3.19. The lowest BCUT2D eigenvalue weighted by atomic mass is 9.96. The van der Waals surface area contributed by atoms with Gasteiger partial charge in [0.2, 0.25) is 0 Å². The molecular weight excluding hydrogens is 230 g/mol. The van der Waals surface area contributed by atoms with E-state index in [2.05, 4.69) is 72.2 Å². The average Bonchev–Trinajstić information content (AvgIpc) is 2.66. The van der Waals surface area contributed by atoms with Crippen LogP contribution in [-0.2, 0) is 0 Å². The molecule has 1 nitrogen and oxygen atoms in total. The van der Waals surface area contributed by atoms with Crippen molar-refractivity contribution in [1.82, 2.24) is 5.32 Å². The molecule has 1 N–H and O–H groups in total. The van der Waals surface area contributed by atoms with E-state index in [-0.39, 0.29) is 0 Å². The van der Waals surface area contributed by atoms with E-state index in [4.69, 9.17) is 0 Å². The molecule has 0 saturated heterocycles. The van der Waals surface area contributed by atoms with Crippen LogP contribution in [0.2, 0.25) is 0 Å². The van der Waals surface area contributed by atoms with Crippen molar-refractivity contribution in [2.75, 3.05) is 0 Å². The first-order chi connectivity index (χ1) is 9.43. The normalized spacial score (nSPS) is 14.1. The first-order valence-electron chi connectivity index (χ1n) is 6.47. The second-order valence-corrected chi connectivity index (χ2v) is 4.79. The highest BCUT2D eigenvalue weighted by Crippen LogP contribution is 2.23. The molecule has 19 heavy (non-hydrogen) atoms. The van der Waals surface area contributed by atoms with Crippen LogP contribution in [0.3, 0.4) is 0 Å². The zero-order valence-corrected chi connectivity index (χ0v) is 10.4. The Kier molecular flexibility index (Phi) is 2.18. The molecule has 0 amide bonds. The summed E-state index contributed by atoms with van der Waals surface area (Å²) >= 11 is 0. The van der Waals surface area contributed by atoms with Crippen LogP contribution in [0.15, 0.2) is 48.7 Å². The molecule has 0 radical (unpaired) electrons. The summed E-state index contributed by atoms with van der Waals surface area (Å²) in [5, 5.41) is 5.74. The van der Waals surface area contributed by atoms with E-state index in [0.717, 1.165) is 0 Å². The molecule has 0 bridgehead atoms. The fourth-order valence-electron chi connectivity index (χ4n) is 2.78. The number of nitrogens with one attached hydrogen (secondary N) is 1. The van der Waals surface area contributed by atoms with E-state index >= 15 is 0 Å². The molecule has 0 atom stereocenters. The SMILES string of the molecule is C1=Cc2ccccc2-c2ccc3c(c2=C1)=CNC=C3. The Morgan fingerprint density at radius 2 is 1.68 bits per heavy atom. The maximum atomic E-state index is 3.19. The van der Waals surface area contributed by atoms with Crippen LogP contribution < -0.4 is 15.8 Å². The van der Waals surface area contributed by atoms with Crippen LogP contribution in [0, 0.1) is 0 Å². The van der Waals surface area contributed by atoms with E-state index < -0.39 is 0 Å². The minimum absolute atomic E-state index is 1.27. The van der Waals surface area contributed by atoms with Crippen molar-refractivity contribution in [2.24, 2.45) is 0 Å². The van der Waals surface area contributed by atoms with Crippen molar-refractivity contribution in [3.63, 3.8) is 0 Å². The van der Waals surface area contributed by atoms with Gasteiger partial charge in [0.15, 0.2) is 0 Å². The van der Waals surface area contributed by atoms with Crippen molar-refractivity contribution in [2.45, 2.75) is 0 Å². The summed E-state index contributed by atoms with van der Waals surface area (Å²) < 4.78 is 0. The molecule has 1 aliphatic heterocycles. The fourth-order valence-corrected chi connectivity index (χ4v) is 2.78. The van der Waals surface area contributed by atoms with Gasteiger partial charge in [-0.25, -0.2) is 0 Å². The Morgan fingerprint density at radius 1 is 0.737 bits per heavy atom. The molecule has 1 heteroatoms. The van der Waals surface area contributed by atoms with Crippen molar-refractivity contribution in [3.8, 4) is 11.1 Å². The first kappa shape index (κ1) is 10.4. The highest BCUT2D eigenvalue weighted by atomic mass is 14.8. The van der Waals surface area contributed by atoms with Gasteiger partial charge < -0.3 is 5.32 Å². The minimum atomic E-state index is 1.27. The molecule has 4 rings (SSSR count). The lowest BCUT2D eigenvalue weighted by Crippen LogP contribution is -2.32. The van der Waals surface area contributed by atoms with Gasteiger partial charge in [0.1, 0.15) is 0 Å².